The van der Waals surface area contributed by atoms with Crippen LogP contribution in [0.2, 0.25) is 0 Å². The Morgan fingerprint density at radius 2 is 2.05 bits per heavy atom. The minimum absolute atomic E-state index is 0.381. The zero-order valence-electron chi connectivity index (χ0n) is 12.4. The first-order valence-electron chi connectivity index (χ1n) is 7.11. The number of benzene rings is 1. The maximum atomic E-state index is 5.94. The van der Waals surface area contributed by atoms with Crippen molar-refractivity contribution < 1.29 is 0 Å². The van der Waals surface area contributed by atoms with Gasteiger partial charge in [-0.3, -0.25) is 4.90 Å². The van der Waals surface area contributed by atoms with Gasteiger partial charge >= 0.3 is 0 Å². The first-order valence-corrected chi connectivity index (χ1v) is 7.11. The standard InChI is InChI=1S/C16H24N4/c1-19-11-10-18-16(19)13-20(2)15(12-17)9-8-14-6-4-3-5-7-14/h3-7,10-11,15H,8-9,12-13,17H2,1-2H3. The van der Waals surface area contributed by atoms with Crippen molar-refractivity contribution in [1.82, 2.24) is 14.5 Å². The lowest BCUT2D eigenvalue weighted by atomic mass is 10.0. The second-order valence-corrected chi connectivity index (χ2v) is 5.28. The topological polar surface area (TPSA) is 47.1 Å². The molecule has 20 heavy (non-hydrogen) atoms. The lowest BCUT2D eigenvalue weighted by Crippen LogP contribution is -2.38. The number of nitrogens with zero attached hydrogens (tertiary/aromatic N) is 3. The van der Waals surface area contributed by atoms with Crippen molar-refractivity contribution in [3.05, 3.63) is 54.1 Å². The molecule has 0 aliphatic heterocycles. The van der Waals surface area contributed by atoms with Gasteiger partial charge in [0.2, 0.25) is 0 Å². The zero-order valence-corrected chi connectivity index (χ0v) is 12.4. The van der Waals surface area contributed by atoms with Gasteiger partial charge in [0, 0.05) is 32.0 Å². The third kappa shape index (κ3) is 3.92. The van der Waals surface area contributed by atoms with Crippen molar-refractivity contribution in [2.75, 3.05) is 13.6 Å². The van der Waals surface area contributed by atoms with Crippen molar-refractivity contribution in [1.29, 1.82) is 0 Å². The maximum absolute atomic E-state index is 5.94. The lowest BCUT2D eigenvalue weighted by molar-refractivity contribution is 0.220. The van der Waals surface area contributed by atoms with E-state index >= 15 is 0 Å². The van der Waals surface area contributed by atoms with Crippen molar-refractivity contribution in [2.45, 2.75) is 25.4 Å². The molecular weight excluding hydrogens is 248 g/mol. The highest BCUT2D eigenvalue weighted by Gasteiger charge is 2.15. The molecule has 1 unspecified atom stereocenters. The Labute approximate surface area is 121 Å². The van der Waals surface area contributed by atoms with Gasteiger partial charge in [0.1, 0.15) is 5.82 Å². The summed E-state index contributed by atoms with van der Waals surface area (Å²) in [7, 11) is 4.15. The summed E-state index contributed by atoms with van der Waals surface area (Å²) in [5, 5.41) is 0. The molecule has 2 rings (SSSR count). The summed E-state index contributed by atoms with van der Waals surface area (Å²) in [4.78, 5) is 6.67. The fraction of sp³-hybridized carbons (Fsp3) is 0.438. The molecule has 1 atom stereocenters. The van der Waals surface area contributed by atoms with E-state index in [1.807, 2.05) is 19.4 Å². The number of aromatic nitrogens is 2. The normalized spacial score (nSPS) is 12.8. The number of likely N-dealkylation sites (N-methyl/N-ethyl adjacent to an activating group) is 1. The molecule has 0 saturated carbocycles. The fourth-order valence-corrected chi connectivity index (χ4v) is 2.40. The van der Waals surface area contributed by atoms with Gasteiger partial charge in [-0.05, 0) is 25.5 Å². The molecule has 0 radical (unpaired) electrons. The van der Waals surface area contributed by atoms with Gasteiger partial charge in [-0.2, -0.15) is 0 Å². The number of hydrogen-bond acceptors (Lipinski definition) is 3. The smallest absolute Gasteiger partial charge is 0.122 e. The molecule has 1 aromatic heterocycles. The molecule has 0 aliphatic carbocycles. The summed E-state index contributed by atoms with van der Waals surface area (Å²) in [5.74, 6) is 1.07. The number of imidazole rings is 1. The molecule has 0 fully saturated rings. The molecular formula is C16H24N4. The molecule has 108 valence electrons. The maximum Gasteiger partial charge on any atom is 0.122 e. The van der Waals surface area contributed by atoms with E-state index in [1.54, 1.807) is 0 Å². The van der Waals surface area contributed by atoms with E-state index in [9.17, 15) is 0 Å². The Bertz CT molecular complexity index is 506. The summed E-state index contributed by atoms with van der Waals surface area (Å²) in [6, 6.07) is 11.0. The van der Waals surface area contributed by atoms with Crippen LogP contribution in [-0.2, 0) is 20.0 Å². The Morgan fingerprint density at radius 3 is 2.65 bits per heavy atom. The average molecular weight is 272 g/mol. The Morgan fingerprint density at radius 1 is 1.30 bits per heavy atom. The predicted molar refractivity (Wildman–Crippen MR) is 82.3 cm³/mol. The van der Waals surface area contributed by atoms with Gasteiger partial charge in [-0.1, -0.05) is 30.3 Å². The predicted octanol–water partition coefficient (Wildman–Crippen LogP) is 1.81. The largest absolute Gasteiger partial charge is 0.337 e. The summed E-state index contributed by atoms with van der Waals surface area (Å²) in [6.07, 6.45) is 5.95. The number of aryl methyl sites for hydroxylation is 2. The van der Waals surface area contributed by atoms with Crippen molar-refractivity contribution >= 4 is 0 Å². The Kier molecular flexibility index (Phi) is 5.32. The molecule has 1 aromatic carbocycles. The fourth-order valence-electron chi connectivity index (χ4n) is 2.40. The van der Waals surface area contributed by atoms with Gasteiger partial charge in [0.05, 0.1) is 6.54 Å². The molecule has 0 aliphatic rings. The third-order valence-corrected chi connectivity index (χ3v) is 3.82. The van der Waals surface area contributed by atoms with E-state index in [-0.39, 0.29) is 0 Å². The van der Waals surface area contributed by atoms with E-state index in [1.165, 1.54) is 5.56 Å². The Balaban J connectivity index is 1.89. The van der Waals surface area contributed by atoms with E-state index in [0.717, 1.165) is 25.2 Å². The van der Waals surface area contributed by atoms with Crippen LogP contribution in [0.5, 0.6) is 0 Å². The molecule has 4 heteroatoms. The number of hydrogen-bond donors (Lipinski definition) is 1. The summed E-state index contributed by atoms with van der Waals surface area (Å²) < 4.78 is 2.06. The monoisotopic (exact) mass is 272 g/mol. The lowest BCUT2D eigenvalue weighted by Gasteiger charge is -2.26. The SMILES string of the molecule is CN(Cc1nccn1C)C(CN)CCc1ccccc1. The molecule has 0 spiro atoms. The number of nitrogens with two attached hydrogens (primary N) is 1. The van der Waals surface area contributed by atoms with Crippen molar-refractivity contribution in [2.24, 2.45) is 12.8 Å². The van der Waals surface area contributed by atoms with Crippen LogP contribution in [-0.4, -0.2) is 34.1 Å². The Hall–Kier alpha value is -1.65. The summed E-state index contributed by atoms with van der Waals surface area (Å²) >= 11 is 0. The first kappa shape index (κ1) is 14.8. The van der Waals surface area contributed by atoms with Gasteiger partial charge in [0.25, 0.3) is 0 Å². The molecule has 4 nitrogen and oxygen atoms in total. The molecule has 2 N–H and O–H groups in total. The van der Waals surface area contributed by atoms with E-state index in [2.05, 4.69) is 51.8 Å². The van der Waals surface area contributed by atoms with Crippen LogP contribution in [0.3, 0.4) is 0 Å². The van der Waals surface area contributed by atoms with Crippen LogP contribution in [0.15, 0.2) is 42.7 Å². The average Bonchev–Trinajstić information content (AvgIpc) is 2.86. The van der Waals surface area contributed by atoms with Crippen LogP contribution in [0.25, 0.3) is 0 Å². The minimum atomic E-state index is 0.381. The molecule has 0 saturated heterocycles. The third-order valence-electron chi connectivity index (χ3n) is 3.82. The van der Waals surface area contributed by atoms with Crippen LogP contribution >= 0.6 is 0 Å². The van der Waals surface area contributed by atoms with Crippen molar-refractivity contribution in [3.63, 3.8) is 0 Å². The van der Waals surface area contributed by atoms with Gasteiger partial charge in [-0.25, -0.2) is 4.98 Å². The van der Waals surface area contributed by atoms with Crippen LogP contribution in [0.4, 0.5) is 0 Å². The molecule has 0 amide bonds. The first-order chi connectivity index (χ1) is 9.70. The highest BCUT2D eigenvalue weighted by molar-refractivity contribution is 5.14. The van der Waals surface area contributed by atoms with E-state index in [4.69, 9.17) is 5.73 Å². The quantitative estimate of drug-likeness (QED) is 0.836. The molecule has 1 heterocycles. The van der Waals surface area contributed by atoms with Gasteiger partial charge in [-0.15, -0.1) is 0 Å². The zero-order chi connectivity index (χ0) is 14.4. The number of rotatable bonds is 7. The van der Waals surface area contributed by atoms with Gasteiger partial charge in [0.15, 0.2) is 0 Å². The van der Waals surface area contributed by atoms with Crippen molar-refractivity contribution in [3.8, 4) is 0 Å². The second kappa shape index (κ2) is 7.22. The second-order valence-electron chi connectivity index (χ2n) is 5.28. The van der Waals surface area contributed by atoms with Crippen LogP contribution in [0.1, 0.15) is 17.8 Å². The molecule has 2 aromatic rings. The van der Waals surface area contributed by atoms with Crippen LogP contribution < -0.4 is 5.73 Å². The van der Waals surface area contributed by atoms with E-state index < -0.39 is 0 Å². The van der Waals surface area contributed by atoms with Gasteiger partial charge < -0.3 is 10.3 Å². The summed E-state index contributed by atoms with van der Waals surface area (Å²) in [5.41, 5.74) is 7.31. The highest BCUT2D eigenvalue weighted by atomic mass is 15.2. The summed E-state index contributed by atoms with van der Waals surface area (Å²) in [6.45, 7) is 1.51. The molecule has 0 bridgehead atoms. The highest BCUT2D eigenvalue weighted by Crippen LogP contribution is 2.10. The van der Waals surface area contributed by atoms with E-state index in [0.29, 0.717) is 12.6 Å². The van der Waals surface area contributed by atoms with Crippen LogP contribution in [0, 0.1) is 0 Å². The minimum Gasteiger partial charge on any atom is -0.337 e.